The van der Waals surface area contributed by atoms with Gasteiger partial charge in [-0.25, -0.2) is 0 Å². The Morgan fingerprint density at radius 1 is 1.44 bits per heavy atom. The van der Waals surface area contributed by atoms with E-state index in [1.54, 1.807) is 6.92 Å². The summed E-state index contributed by atoms with van der Waals surface area (Å²) in [6.45, 7) is 8.36. The van der Waals surface area contributed by atoms with Crippen LogP contribution in [0.1, 0.15) is 26.7 Å². The third-order valence-corrected chi connectivity index (χ3v) is 4.12. The van der Waals surface area contributed by atoms with E-state index in [1.165, 1.54) is 19.4 Å². The van der Waals surface area contributed by atoms with Gasteiger partial charge in [0, 0.05) is 33.1 Å². The van der Waals surface area contributed by atoms with Crippen molar-refractivity contribution in [3.63, 3.8) is 0 Å². The first-order chi connectivity index (χ1) is 7.56. The molecule has 1 amide bonds. The van der Waals surface area contributed by atoms with E-state index in [4.69, 9.17) is 0 Å². The maximum Gasteiger partial charge on any atom is 0.219 e. The Hall–Kier alpha value is -0.570. The fourth-order valence-electron chi connectivity index (χ4n) is 2.84. The molecule has 2 aliphatic rings. The van der Waals surface area contributed by atoms with Gasteiger partial charge in [-0.15, -0.1) is 0 Å². The smallest absolute Gasteiger partial charge is 0.219 e. The van der Waals surface area contributed by atoms with Gasteiger partial charge >= 0.3 is 0 Å². The van der Waals surface area contributed by atoms with Crippen LogP contribution in [0.15, 0.2) is 0 Å². The Balaban J connectivity index is 1.68. The molecule has 0 aromatic heterocycles. The highest BCUT2D eigenvalue weighted by molar-refractivity contribution is 5.73. The molecule has 0 bridgehead atoms. The van der Waals surface area contributed by atoms with E-state index in [-0.39, 0.29) is 5.91 Å². The SMILES string of the molecule is CC(=O)N1CC[C@H](CN(C)C[C@H]2C[C@H]2C)C1. The van der Waals surface area contributed by atoms with E-state index < -0.39 is 0 Å². The molecular weight excluding hydrogens is 200 g/mol. The molecule has 1 saturated heterocycles. The number of hydrogen-bond acceptors (Lipinski definition) is 2. The van der Waals surface area contributed by atoms with Crippen molar-refractivity contribution in [1.82, 2.24) is 9.80 Å². The molecule has 3 nitrogen and oxygen atoms in total. The average Bonchev–Trinajstić information content (AvgIpc) is 2.72. The summed E-state index contributed by atoms with van der Waals surface area (Å²) in [5.41, 5.74) is 0. The largest absolute Gasteiger partial charge is 0.343 e. The molecule has 0 N–H and O–H groups in total. The molecule has 1 aliphatic heterocycles. The van der Waals surface area contributed by atoms with Crippen molar-refractivity contribution in [1.29, 1.82) is 0 Å². The van der Waals surface area contributed by atoms with Gasteiger partial charge in [-0.3, -0.25) is 4.79 Å². The minimum absolute atomic E-state index is 0.237. The van der Waals surface area contributed by atoms with Gasteiger partial charge in [0.2, 0.25) is 5.91 Å². The Labute approximate surface area is 98.8 Å². The zero-order chi connectivity index (χ0) is 11.7. The monoisotopic (exact) mass is 224 g/mol. The highest BCUT2D eigenvalue weighted by Crippen LogP contribution is 2.38. The number of carbonyl (C=O) groups excluding carboxylic acids is 1. The summed E-state index contributed by atoms with van der Waals surface area (Å²) in [7, 11) is 2.22. The summed E-state index contributed by atoms with van der Waals surface area (Å²) in [4.78, 5) is 15.7. The number of likely N-dealkylation sites (tertiary alicyclic amines) is 1. The average molecular weight is 224 g/mol. The summed E-state index contributed by atoms with van der Waals surface area (Å²) in [6, 6.07) is 0. The Morgan fingerprint density at radius 3 is 2.62 bits per heavy atom. The van der Waals surface area contributed by atoms with Crippen molar-refractivity contribution in [3.8, 4) is 0 Å². The van der Waals surface area contributed by atoms with Crippen LogP contribution in [0.4, 0.5) is 0 Å². The molecule has 1 heterocycles. The highest BCUT2D eigenvalue weighted by Gasteiger charge is 2.34. The topological polar surface area (TPSA) is 23.6 Å². The fraction of sp³-hybridized carbons (Fsp3) is 0.923. The van der Waals surface area contributed by atoms with Gasteiger partial charge in [0.1, 0.15) is 0 Å². The van der Waals surface area contributed by atoms with Crippen LogP contribution in [-0.4, -0.2) is 48.9 Å². The first-order valence-corrected chi connectivity index (χ1v) is 6.50. The van der Waals surface area contributed by atoms with Crippen molar-refractivity contribution in [3.05, 3.63) is 0 Å². The summed E-state index contributed by atoms with van der Waals surface area (Å²) in [5, 5.41) is 0. The van der Waals surface area contributed by atoms with Crippen molar-refractivity contribution < 1.29 is 4.79 Å². The maximum atomic E-state index is 11.2. The molecule has 92 valence electrons. The Morgan fingerprint density at radius 2 is 2.12 bits per heavy atom. The van der Waals surface area contributed by atoms with Crippen molar-refractivity contribution in [2.24, 2.45) is 17.8 Å². The fourth-order valence-corrected chi connectivity index (χ4v) is 2.84. The second-order valence-electron chi connectivity index (χ2n) is 5.81. The molecule has 1 saturated carbocycles. The number of nitrogens with zero attached hydrogens (tertiary/aromatic N) is 2. The molecule has 16 heavy (non-hydrogen) atoms. The molecule has 0 radical (unpaired) electrons. The van der Waals surface area contributed by atoms with Gasteiger partial charge < -0.3 is 9.80 Å². The molecular formula is C13H24N2O. The lowest BCUT2D eigenvalue weighted by molar-refractivity contribution is -0.127. The molecule has 0 unspecified atom stereocenters. The minimum Gasteiger partial charge on any atom is -0.343 e. The van der Waals surface area contributed by atoms with Gasteiger partial charge in [-0.05, 0) is 37.6 Å². The van der Waals surface area contributed by atoms with Crippen LogP contribution in [0.5, 0.6) is 0 Å². The standard InChI is InChI=1S/C13H24N2O/c1-10-6-13(10)9-14(3)7-12-4-5-15(8-12)11(2)16/h10,12-13H,4-9H2,1-3H3/t10-,12-,13-/m1/s1. The Bertz CT molecular complexity index is 267. The molecule has 2 fully saturated rings. The maximum absolute atomic E-state index is 11.2. The van der Waals surface area contributed by atoms with Crippen LogP contribution in [0, 0.1) is 17.8 Å². The van der Waals surface area contributed by atoms with Crippen LogP contribution < -0.4 is 0 Å². The highest BCUT2D eigenvalue weighted by atomic mass is 16.2. The van der Waals surface area contributed by atoms with Crippen LogP contribution in [0.3, 0.4) is 0 Å². The molecule has 3 atom stereocenters. The number of carbonyl (C=O) groups is 1. The van der Waals surface area contributed by atoms with E-state index in [1.807, 2.05) is 4.90 Å². The molecule has 0 spiro atoms. The minimum atomic E-state index is 0.237. The second kappa shape index (κ2) is 4.74. The zero-order valence-corrected chi connectivity index (χ0v) is 10.8. The van der Waals surface area contributed by atoms with Crippen LogP contribution in [-0.2, 0) is 4.79 Å². The number of hydrogen-bond donors (Lipinski definition) is 0. The van der Waals surface area contributed by atoms with E-state index >= 15 is 0 Å². The number of rotatable bonds is 4. The lowest BCUT2D eigenvalue weighted by atomic mass is 10.1. The van der Waals surface area contributed by atoms with Crippen molar-refractivity contribution >= 4 is 5.91 Å². The molecule has 1 aliphatic carbocycles. The first-order valence-electron chi connectivity index (χ1n) is 6.50. The van der Waals surface area contributed by atoms with E-state index in [0.29, 0.717) is 5.92 Å². The molecule has 2 rings (SSSR count). The van der Waals surface area contributed by atoms with Gasteiger partial charge in [-0.1, -0.05) is 6.92 Å². The third kappa shape index (κ3) is 2.97. The van der Waals surface area contributed by atoms with Gasteiger partial charge in [0.15, 0.2) is 0 Å². The number of amides is 1. The predicted octanol–water partition coefficient (Wildman–Crippen LogP) is 1.44. The lowest BCUT2D eigenvalue weighted by Gasteiger charge is -2.21. The third-order valence-electron chi connectivity index (χ3n) is 4.12. The summed E-state index contributed by atoms with van der Waals surface area (Å²) >= 11 is 0. The van der Waals surface area contributed by atoms with Gasteiger partial charge in [-0.2, -0.15) is 0 Å². The lowest BCUT2D eigenvalue weighted by Crippen LogP contribution is -2.31. The Kier molecular flexibility index (Phi) is 3.53. The molecule has 3 heteroatoms. The van der Waals surface area contributed by atoms with E-state index in [9.17, 15) is 4.79 Å². The van der Waals surface area contributed by atoms with Crippen molar-refractivity contribution in [2.75, 3.05) is 33.2 Å². The van der Waals surface area contributed by atoms with Crippen LogP contribution in [0.2, 0.25) is 0 Å². The van der Waals surface area contributed by atoms with Crippen LogP contribution in [0.25, 0.3) is 0 Å². The summed E-state index contributed by atoms with van der Waals surface area (Å²) < 4.78 is 0. The summed E-state index contributed by atoms with van der Waals surface area (Å²) in [6.07, 6.45) is 2.60. The van der Waals surface area contributed by atoms with Gasteiger partial charge in [0.05, 0.1) is 0 Å². The van der Waals surface area contributed by atoms with Gasteiger partial charge in [0.25, 0.3) is 0 Å². The van der Waals surface area contributed by atoms with E-state index in [2.05, 4.69) is 18.9 Å². The predicted molar refractivity (Wildman–Crippen MR) is 65.1 cm³/mol. The molecule has 0 aromatic carbocycles. The van der Waals surface area contributed by atoms with Crippen LogP contribution >= 0.6 is 0 Å². The first kappa shape index (κ1) is 11.9. The zero-order valence-electron chi connectivity index (χ0n) is 10.8. The molecule has 0 aromatic rings. The van der Waals surface area contributed by atoms with E-state index in [0.717, 1.165) is 31.5 Å². The summed E-state index contributed by atoms with van der Waals surface area (Å²) in [5.74, 6) is 2.82. The normalized spacial score (nSPS) is 33.5. The quantitative estimate of drug-likeness (QED) is 0.721. The van der Waals surface area contributed by atoms with Crippen molar-refractivity contribution in [2.45, 2.75) is 26.7 Å². The second-order valence-corrected chi connectivity index (χ2v) is 5.81.